The van der Waals surface area contributed by atoms with Crippen molar-refractivity contribution in [3.63, 3.8) is 0 Å². The standard InChI is InChI=1S/C10H17NO3/c1-6-4-7(2)11(8(3)12)9(5-6)10(13)14/h6-7,9H,4-5H2,1-3H3,(H,13,14)/t6-,7+,9+/m1/s1. The molecule has 1 aliphatic heterocycles. The summed E-state index contributed by atoms with van der Waals surface area (Å²) >= 11 is 0. The van der Waals surface area contributed by atoms with Gasteiger partial charge in [-0.2, -0.15) is 0 Å². The zero-order valence-electron chi connectivity index (χ0n) is 8.86. The number of amides is 1. The molecule has 1 heterocycles. The van der Waals surface area contributed by atoms with Gasteiger partial charge in [0.2, 0.25) is 5.91 Å². The van der Waals surface area contributed by atoms with Crippen molar-refractivity contribution in [1.82, 2.24) is 4.90 Å². The van der Waals surface area contributed by atoms with Crippen molar-refractivity contribution in [3.8, 4) is 0 Å². The predicted molar refractivity (Wildman–Crippen MR) is 51.8 cm³/mol. The molecule has 0 aromatic rings. The molecule has 1 rings (SSSR count). The van der Waals surface area contributed by atoms with Crippen LogP contribution < -0.4 is 0 Å². The van der Waals surface area contributed by atoms with Gasteiger partial charge in [0.25, 0.3) is 0 Å². The van der Waals surface area contributed by atoms with Gasteiger partial charge in [-0.25, -0.2) is 4.79 Å². The van der Waals surface area contributed by atoms with Crippen molar-refractivity contribution < 1.29 is 14.7 Å². The van der Waals surface area contributed by atoms with E-state index >= 15 is 0 Å². The number of aliphatic carboxylic acids is 1. The third-order valence-electron chi connectivity index (χ3n) is 2.83. The lowest BCUT2D eigenvalue weighted by molar-refractivity contribution is -0.154. The van der Waals surface area contributed by atoms with Gasteiger partial charge < -0.3 is 10.0 Å². The van der Waals surface area contributed by atoms with Gasteiger partial charge in [0.15, 0.2) is 0 Å². The zero-order valence-corrected chi connectivity index (χ0v) is 8.86. The Kier molecular flexibility index (Phi) is 3.13. The van der Waals surface area contributed by atoms with Crippen LogP contribution in [0.2, 0.25) is 0 Å². The summed E-state index contributed by atoms with van der Waals surface area (Å²) in [6, 6.07) is -0.594. The van der Waals surface area contributed by atoms with Gasteiger partial charge in [0.1, 0.15) is 6.04 Å². The zero-order chi connectivity index (χ0) is 10.9. The number of likely N-dealkylation sites (tertiary alicyclic amines) is 1. The van der Waals surface area contributed by atoms with Crippen molar-refractivity contribution in [2.75, 3.05) is 0 Å². The fourth-order valence-electron chi connectivity index (χ4n) is 2.34. The van der Waals surface area contributed by atoms with Crippen LogP contribution in [0.5, 0.6) is 0 Å². The Hall–Kier alpha value is -1.06. The Morgan fingerprint density at radius 1 is 1.29 bits per heavy atom. The average molecular weight is 199 g/mol. The third kappa shape index (κ3) is 2.05. The van der Waals surface area contributed by atoms with Gasteiger partial charge in [-0.3, -0.25) is 4.79 Å². The van der Waals surface area contributed by atoms with Crippen LogP contribution in [0.15, 0.2) is 0 Å². The lowest BCUT2D eigenvalue weighted by Crippen LogP contribution is -2.53. The maximum atomic E-state index is 11.3. The van der Waals surface area contributed by atoms with Crippen LogP contribution in [-0.2, 0) is 9.59 Å². The van der Waals surface area contributed by atoms with Gasteiger partial charge in [-0.05, 0) is 25.7 Å². The highest BCUT2D eigenvalue weighted by molar-refractivity contribution is 5.82. The highest BCUT2D eigenvalue weighted by atomic mass is 16.4. The van der Waals surface area contributed by atoms with Crippen LogP contribution in [-0.4, -0.2) is 34.0 Å². The summed E-state index contributed by atoms with van der Waals surface area (Å²) in [5.74, 6) is -0.655. The first-order chi connectivity index (χ1) is 6.43. The second kappa shape index (κ2) is 3.98. The van der Waals surface area contributed by atoms with Crippen molar-refractivity contribution in [3.05, 3.63) is 0 Å². The summed E-state index contributed by atoms with van der Waals surface area (Å²) in [7, 11) is 0. The first kappa shape index (κ1) is 11.0. The number of carbonyl (C=O) groups is 2. The number of carbonyl (C=O) groups excluding carboxylic acids is 1. The summed E-state index contributed by atoms with van der Waals surface area (Å²) in [6.07, 6.45) is 1.46. The summed E-state index contributed by atoms with van der Waals surface area (Å²) in [6.45, 7) is 5.37. The van der Waals surface area contributed by atoms with Crippen LogP contribution >= 0.6 is 0 Å². The van der Waals surface area contributed by atoms with Gasteiger partial charge in [0.05, 0.1) is 0 Å². The Morgan fingerprint density at radius 3 is 2.29 bits per heavy atom. The third-order valence-corrected chi connectivity index (χ3v) is 2.83. The van der Waals surface area contributed by atoms with E-state index < -0.39 is 12.0 Å². The largest absolute Gasteiger partial charge is 0.480 e. The maximum absolute atomic E-state index is 11.3. The highest BCUT2D eigenvalue weighted by Crippen LogP contribution is 2.27. The summed E-state index contributed by atoms with van der Waals surface area (Å²) < 4.78 is 0. The lowest BCUT2D eigenvalue weighted by Gasteiger charge is -2.40. The molecule has 0 aliphatic carbocycles. The van der Waals surface area contributed by atoms with Crippen LogP contribution in [0.1, 0.15) is 33.6 Å². The van der Waals surface area contributed by atoms with Crippen molar-refractivity contribution in [2.24, 2.45) is 5.92 Å². The summed E-state index contributed by atoms with van der Waals surface area (Å²) in [5.41, 5.74) is 0. The molecule has 1 fully saturated rings. The second-order valence-corrected chi connectivity index (χ2v) is 4.21. The quantitative estimate of drug-likeness (QED) is 0.688. The molecule has 14 heavy (non-hydrogen) atoms. The van der Waals surface area contributed by atoms with E-state index in [1.54, 1.807) is 0 Å². The number of nitrogens with zero attached hydrogens (tertiary/aromatic N) is 1. The fourth-order valence-corrected chi connectivity index (χ4v) is 2.34. The molecule has 0 bridgehead atoms. The van der Waals surface area contributed by atoms with E-state index in [9.17, 15) is 9.59 Å². The second-order valence-electron chi connectivity index (χ2n) is 4.21. The van der Waals surface area contributed by atoms with E-state index in [0.29, 0.717) is 12.3 Å². The molecule has 1 saturated heterocycles. The molecule has 0 spiro atoms. The Balaban J connectivity index is 2.86. The van der Waals surface area contributed by atoms with Crippen LogP contribution in [0.3, 0.4) is 0 Å². The minimum Gasteiger partial charge on any atom is -0.480 e. The van der Waals surface area contributed by atoms with Crippen LogP contribution in [0.4, 0.5) is 0 Å². The number of hydrogen-bond acceptors (Lipinski definition) is 2. The Bertz CT molecular complexity index is 252. The number of piperidine rings is 1. The fraction of sp³-hybridized carbons (Fsp3) is 0.800. The normalized spacial score (nSPS) is 32.8. The Morgan fingerprint density at radius 2 is 1.86 bits per heavy atom. The molecule has 1 amide bonds. The Labute approximate surface area is 83.9 Å². The van der Waals surface area contributed by atoms with Gasteiger partial charge in [0, 0.05) is 13.0 Å². The first-order valence-electron chi connectivity index (χ1n) is 4.95. The first-order valence-corrected chi connectivity index (χ1v) is 4.95. The molecule has 4 nitrogen and oxygen atoms in total. The molecule has 4 heteroatoms. The molecule has 0 aromatic carbocycles. The van der Waals surface area contributed by atoms with E-state index in [-0.39, 0.29) is 11.9 Å². The molecule has 0 aromatic heterocycles. The molecule has 0 saturated carbocycles. The average Bonchev–Trinajstić information content (AvgIpc) is 2.01. The summed E-state index contributed by atoms with van der Waals surface area (Å²) in [4.78, 5) is 23.7. The number of hydrogen-bond donors (Lipinski definition) is 1. The number of carboxylic acids is 1. The van der Waals surface area contributed by atoms with Gasteiger partial charge >= 0.3 is 5.97 Å². The molecule has 0 radical (unpaired) electrons. The van der Waals surface area contributed by atoms with Crippen LogP contribution in [0.25, 0.3) is 0 Å². The maximum Gasteiger partial charge on any atom is 0.326 e. The number of carboxylic acid groups (broad SMARTS) is 1. The SMILES string of the molecule is CC(=O)N1[C@@H](C)C[C@@H](C)C[C@H]1C(=O)O. The van der Waals surface area contributed by atoms with Gasteiger partial charge in [-0.15, -0.1) is 0 Å². The monoisotopic (exact) mass is 199 g/mol. The smallest absolute Gasteiger partial charge is 0.326 e. The molecule has 0 unspecified atom stereocenters. The van der Waals surface area contributed by atoms with E-state index in [2.05, 4.69) is 0 Å². The van der Waals surface area contributed by atoms with E-state index in [4.69, 9.17) is 5.11 Å². The molecular formula is C10H17NO3. The summed E-state index contributed by atoms with van der Waals surface area (Å²) in [5, 5.41) is 9.00. The predicted octanol–water partition coefficient (Wildman–Crippen LogP) is 1.11. The minimum absolute atomic E-state index is 0.0392. The molecule has 80 valence electrons. The van der Waals surface area contributed by atoms with E-state index in [1.165, 1.54) is 11.8 Å². The van der Waals surface area contributed by atoms with Crippen LogP contribution in [0, 0.1) is 5.92 Å². The molecule has 3 atom stereocenters. The minimum atomic E-state index is -0.890. The van der Waals surface area contributed by atoms with Crippen molar-refractivity contribution in [1.29, 1.82) is 0 Å². The van der Waals surface area contributed by atoms with E-state index in [0.717, 1.165) is 6.42 Å². The van der Waals surface area contributed by atoms with Crippen molar-refractivity contribution in [2.45, 2.75) is 45.7 Å². The molecule has 1 N–H and O–H groups in total. The highest BCUT2D eigenvalue weighted by Gasteiger charge is 2.37. The van der Waals surface area contributed by atoms with E-state index in [1.807, 2.05) is 13.8 Å². The number of rotatable bonds is 1. The van der Waals surface area contributed by atoms with Gasteiger partial charge in [-0.1, -0.05) is 6.92 Å². The topological polar surface area (TPSA) is 57.6 Å². The van der Waals surface area contributed by atoms with Crippen molar-refractivity contribution >= 4 is 11.9 Å². The molecule has 1 aliphatic rings. The molecular weight excluding hydrogens is 182 g/mol. The lowest BCUT2D eigenvalue weighted by atomic mass is 9.88.